The molecule has 9 nitrogen and oxygen atoms in total. The molecule has 0 bridgehead atoms. The summed E-state index contributed by atoms with van der Waals surface area (Å²) < 4.78 is 0. The summed E-state index contributed by atoms with van der Waals surface area (Å²) in [6.45, 7) is 1.70. The van der Waals surface area contributed by atoms with Gasteiger partial charge in [-0.2, -0.15) is 0 Å². The summed E-state index contributed by atoms with van der Waals surface area (Å²) in [6.07, 6.45) is 1.63. The van der Waals surface area contributed by atoms with E-state index in [1.165, 1.54) is 41.3 Å². The van der Waals surface area contributed by atoms with Crippen LogP contribution in [0.1, 0.15) is 31.6 Å². The van der Waals surface area contributed by atoms with Gasteiger partial charge in [-0.05, 0) is 78.0 Å². The number of nitrogens with one attached hydrogen (secondary N) is 3. The Kier molecular flexibility index (Phi) is 10.4. The molecule has 230 valence electrons. The minimum Gasteiger partial charge on any atom is -0.325 e. The number of hydrogen-bond acceptors (Lipinski definition) is 7. The number of nitro benzene ring substituents is 1. The summed E-state index contributed by atoms with van der Waals surface area (Å²) in [5.74, 6) is -1.18. The number of thiophene rings is 1. The normalized spacial score (nSPS) is 11.7. The molecule has 0 aliphatic rings. The van der Waals surface area contributed by atoms with E-state index in [4.69, 9.17) is 0 Å². The van der Waals surface area contributed by atoms with Crippen molar-refractivity contribution in [2.75, 3.05) is 10.6 Å². The number of benzene rings is 4. The van der Waals surface area contributed by atoms with Crippen molar-refractivity contribution in [2.45, 2.75) is 17.1 Å². The molecule has 1 heterocycles. The maximum absolute atomic E-state index is 13.5. The lowest BCUT2D eigenvalue weighted by Crippen LogP contribution is -2.30. The third-order valence-corrected chi connectivity index (χ3v) is 8.83. The molecule has 4 aromatic carbocycles. The van der Waals surface area contributed by atoms with Gasteiger partial charge in [0.25, 0.3) is 17.5 Å². The van der Waals surface area contributed by atoms with E-state index < -0.39 is 22.0 Å². The van der Waals surface area contributed by atoms with Crippen LogP contribution >= 0.6 is 23.1 Å². The zero-order valence-corrected chi connectivity index (χ0v) is 26.1. The Morgan fingerprint density at radius 3 is 2.17 bits per heavy atom. The number of thioether (sulfide) groups is 1. The highest BCUT2D eigenvalue weighted by Gasteiger charge is 2.23. The smallest absolute Gasteiger partial charge is 0.272 e. The van der Waals surface area contributed by atoms with Crippen LogP contribution in [0.3, 0.4) is 0 Å². The molecule has 1 aromatic heterocycles. The van der Waals surface area contributed by atoms with E-state index in [1.807, 2.05) is 53.9 Å². The van der Waals surface area contributed by atoms with Crippen LogP contribution in [0.2, 0.25) is 0 Å². The Balaban J connectivity index is 1.31. The van der Waals surface area contributed by atoms with E-state index >= 15 is 0 Å². The average molecular weight is 649 g/mol. The number of nitrogens with zero attached hydrogens (tertiary/aromatic N) is 1. The molecule has 0 fully saturated rings. The van der Waals surface area contributed by atoms with Crippen molar-refractivity contribution in [2.24, 2.45) is 0 Å². The first kappa shape index (κ1) is 31.9. The van der Waals surface area contributed by atoms with Crippen molar-refractivity contribution >= 4 is 64.0 Å². The molecule has 0 aliphatic heterocycles. The van der Waals surface area contributed by atoms with Gasteiger partial charge in [-0.25, -0.2) is 0 Å². The molecule has 0 saturated carbocycles. The lowest BCUT2D eigenvalue weighted by atomic mass is 10.1. The number of anilines is 2. The highest BCUT2D eigenvalue weighted by Crippen LogP contribution is 2.37. The first-order valence-corrected chi connectivity index (χ1v) is 15.8. The Bertz CT molecular complexity index is 1880. The first-order chi connectivity index (χ1) is 22.3. The number of nitro groups is 1. The van der Waals surface area contributed by atoms with Crippen LogP contribution in [0, 0.1) is 17.0 Å². The summed E-state index contributed by atoms with van der Waals surface area (Å²) in [7, 11) is 0. The van der Waals surface area contributed by atoms with Gasteiger partial charge in [0.1, 0.15) is 10.9 Å². The minimum absolute atomic E-state index is 0.0515. The van der Waals surface area contributed by atoms with Crippen molar-refractivity contribution in [1.82, 2.24) is 5.32 Å². The number of non-ortho nitro benzene ring substituents is 1. The molecular formula is C35H28N4O5S2. The van der Waals surface area contributed by atoms with Crippen LogP contribution in [0.4, 0.5) is 17.1 Å². The highest BCUT2D eigenvalue weighted by atomic mass is 32.2. The number of carbonyl (C=O) groups is 3. The summed E-state index contributed by atoms with van der Waals surface area (Å²) in [6, 6.07) is 33.0. The number of aryl methyl sites for hydroxylation is 1. The quantitative estimate of drug-likeness (QED) is 0.0579. The molecule has 0 radical (unpaired) electrons. The zero-order valence-electron chi connectivity index (χ0n) is 24.5. The van der Waals surface area contributed by atoms with E-state index in [2.05, 4.69) is 16.0 Å². The summed E-state index contributed by atoms with van der Waals surface area (Å²) in [4.78, 5) is 51.9. The van der Waals surface area contributed by atoms with Crippen LogP contribution in [-0.4, -0.2) is 22.6 Å². The molecule has 5 rings (SSSR count). The van der Waals surface area contributed by atoms with E-state index in [9.17, 15) is 24.5 Å². The first-order valence-electron chi connectivity index (χ1n) is 14.1. The fourth-order valence-electron chi connectivity index (χ4n) is 4.41. The monoisotopic (exact) mass is 648 g/mol. The molecule has 46 heavy (non-hydrogen) atoms. The number of carbonyl (C=O) groups excluding carboxylic acids is 3. The molecule has 1 atom stereocenters. The third-order valence-electron chi connectivity index (χ3n) is 6.74. The Labute approximate surface area is 273 Å². The van der Waals surface area contributed by atoms with Gasteiger partial charge >= 0.3 is 0 Å². The highest BCUT2D eigenvalue weighted by molar-refractivity contribution is 8.00. The van der Waals surface area contributed by atoms with E-state index in [0.717, 1.165) is 15.3 Å². The van der Waals surface area contributed by atoms with Gasteiger partial charge < -0.3 is 16.0 Å². The predicted octanol–water partition coefficient (Wildman–Crippen LogP) is 7.85. The van der Waals surface area contributed by atoms with Crippen LogP contribution in [0.5, 0.6) is 0 Å². The molecule has 0 spiro atoms. The fourth-order valence-corrected chi connectivity index (χ4v) is 6.09. The maximum atomic E-state index is 13.5. The summed E-state index contributed by atoms with van der Waals surface area (Å²) in [5, 5.41) is 20.9. The van der Waals surface area contributed by atoms with Gasteiger partial charge in [0.05, 0.1) is 4.92 Å². The number of hydrogen-bond donors (Lipinski definition) is 3. The second kappa shape index (κ2) is 15.0. The lowest BCUT2D eigenvalue weighted by molar-refractivity contribution is -0.384. The molecule has 3 amide bonds. The van der Waals surface area contributed by atoms with Gasteiger partial charge in [0.2, 0.25) is 5.91 Å². The van der Waals surface area contributed by atoms with Gasteiger partial charge in [0, 0.05) is 38.8 Å². The molecular weight excluding hydrogens is 621 g/mol. The van der Waals surface area contributed by atoms with E-state index in [1.54, 1.807) is 61.5 Å². The van der Waals surface area contributed by atoms with Crippen molar-refractivity contribution in [3.63, 3.8) is 0 Å². The van der Waals surface area contributed by atoms with E-state index in [-0.39, 0.29) is 17.3 Å². The summed E-state index contributed by atoms with van der Waals surface area (Å²) in [5.41, 5.74) is 2.81. The Morgan fingerprint density at radius 1 is 0.848 bits per heavy atom. The van der Waals surface area contributed by atoms with Crippen molar-refractivity contribution < 1.29 is 19.3 Å². The van der Waals surface area contributed by atoms with Crippen molar-refractivity contribution in [3.8, 4) is 0 Å². The molecule has 1 unspecified atom stereocenters. The van der Waals surface area contributed by atoms with Crippen molar-refractivity contribution in [3.05, 3.63) is 158 Å². The van der Waals surface area contributed by atoms with Crippen LogP contribution in [0.25, 0.3) is 6.08 Å². The second-order valence-corrected chi connectivity index (χ2v) is 12.2. The fraction of sp³-hybridized carbons (Fsp3) is 0.0571. The summed E-state index contributed by atoms with van der Waals surface area (Å²) >= 11 is 2.76. The minimum atomic E-state index is -0.634. The Morgan fingerprint density at radius 2 is 1.54 bits per heavy atom. The Hall–Kier alpha value is -5.52. The van der Waals surface area contributed by atoms with Gasteiger partial charge in [0.15, 0.2) is 0 Å². The average Bonchev–Trinajstić information content (AvgIpc) is 3.59. The number of rotatable bonds is 11. The van der Waals surface area contributed by atoms with E-state index in [0.29, 0.717) is 22.5 Å². The topological polar surface area (TPSA) is 130 Å². The van der Waals surface area contributed by atoms with Crippen LogP contribution in [0.15, 0.2) is 131 Å². The third kappa shape index (κ3) is 8.35. The van der Waals surface area contributed by atoms with Gasteiger partial charge in [-0.3, -0.25) is 24.5 Å². The molecule has 11 heteroatoms. The molecule has 0 aliphatic carbocycles. The van der Waals surface area contributed by atoms with Crippen LogP contribution in [-0.2, 0) is 9.59 Å². The van der Waals surface area contributed by atoms with Crippen molar-refractivity contribution in [1.29, 1.82) is 0 Å². The van der Waals surface area contributed by atoms with Gasteiger partial charge in [-0.15, -0.1) is 23.1 Å². The maximum Gasteiger partial charge on any atom is 0.272 e. The largest absolute Gasteiger partial charge is 0.325 e. The molecule has 3 N–H and O–H groups in total. The number of amides is 3. The molecule has 0 saturated heterocycles. The standard InChI is InChI=1S/C35H28N4O5S2/c1-23-21-27(39(43)44)16-19-30(23)37-35(42)32(24-9-4-2-5-10-24)46-28-17-14-26(15-18-28)36-34(41)31(22-29-13-8-20-45-29)38-33(40)25-11-6-3-7-12-25/h2-22,32H,1H3,(H,36,41)(H,37,42)(H,38,40)/b31-22-. The molecule has 5 aromatic rings. The van der Waals surface area contributed by atoms with Crippen LogP contribution < -0.4 is 16.0 Å². The zero-order chi connectivity index (χ0) is 32.5. The van der Waals surface area contributed by atoms with Gasteiger partial charge in [-0.1, -0.05) is 54.6 Å². The second-order valence-electron chi connectivity index (χ2n) is 10.0. The predicted molar refractivity (Wildman–Crippen MR) is 183 cm³/mol. The SMILES string of the molecule is Cc1cc([N+](=O)[O-])ccc1NC(=O)C(Sc1ccc(NC(=O)/C(=C/c2cccs2)NC(=O)c2ccccc2)cc1)c1ccccc1. The lowest BCUT2D eigenvalue weighted by Gasteiger charge is -2.18.